The van der Waals surface area contributed by atoms with Gasteiger partial charge in [-0.3, -0.25) is 4.79 Å². The van der Waals surface area contributed by atoms with Crippen LogP contribution in [0.3, 0.4) is 0 Å². The molecule has 2 rings (SSSR count). The predicted molar refractivity (Wildman–Crippen MR) is 68.8 cm³/mol. The minimum absolute atomic E-state index is 0.0987. The van der Waals surface area contributed by atoms with Crippen molar-refractivity contribution >= 4 is 5.91 Å². The fourth-order valence-corrected chi connectivity index (χ4v) is 2.62. The quantitative estimate of drug-likeness (QED) is 0.686. The van der Waals surface area contributed by atoms with Crippen molar-refractivity contribution in [2.75, 3.05) is 26.7 Å². The summed E-state index contributed by atoms with van der Waals surface area (Å²) in [5, 5.41) is 2.97. The molecular weight excluding hydrogens is 288 g/mol. The molecule has 7 heteroatoms. The minimum Gasteiger partial charge on any atom is -0.338 e. The van der Waals surface area contributed by atoms with E-state index in [4.69, 9.17) is 0 Å². The van der Waals surface area contributed by atoms with Crippen LogP contribution in [0.2, 0.25) is 0 Å². The standard InChI is InChI=1S/C14H16F4N2O/c1-19-6-8-3-2-4-20(7-8)14(21)11-12(17)9(15)5-10(16)13(11)18/h5,8,19H,2-4,6-7H2,1H3. The Balaban J connectivity index is 2.28. The number of hydrogen-bond acceptors (Lipinski definition) is 2. The SMILES string of the molecule is CNCC1CCCN(C(=O)c2c(F)c(F)cc(F)c2F)C1. The van der Waals surface area contributed by atoms with Gasteiger partial charge in [0.25, 0.3) is 5.91 Å². The van der Waals surface area contributed by atoms with Gasteiger partial charge in [-0.2, -0.15) is 0 Å². The second kappa shape index (κ2) is 6.43. The van der Waals surface area contributed by atoms with Gasteiger partial charge < -0.3 is 10.2 Å². The predicted octanol–water partition coefficient (Wildman–Crippen LogP) is 2.31. The first-order valence-corrected chi connectivity index (χ1v) is 6.72. The van der Waals surface area contributed by atoms with Gasteiger partial charge in [-0.15, -0.1) is 0 Å². The van der Waals surface area contributed by atoms with Crippen LogP contribution in [0.5, 0.6) is 0 Å². The maximum Gasteiger partial charge on any atom is 0.260 e. The van der Waals surface area contributed by atoms with E-state index in [0.29, 0.717) is 26.1 Å². The molecule has 0 saturated carbocycles. The average Bonchev–Trinajstić information content (AvgIpc) is 2.46. The zero-order valence-electron chi connectivity index (χ0n) is 11.6. The molecule has 1 unspecified atom stereocenters. The van der Waals surface area contributed by atoms with E-state index >= 15 is 0 Å². The number of likely N-dealkylation sites (tertiary alicyclic amines) is 1. The molecule has 0 aliphatic carbocycles. The van der Waals surface area contributed by atoms with Crippen molar-refractivity contribution in [1.29, 1.82) is 0 Å². The van der Waals surface area contributed by atoms with Gasteiger partial charge in [0, 0.05) is 19.2 Å². The van der Waals surface area contributed by atoms with Gasteiger partial charge in [0.15, 0.2) is 23.3 Å². The van der Waals surface area contributed by atoms with Crippen LogP contribution in [-0.2, 0) is 0 Å². The smallest absolute Gasteiger partial charge is 0.260 e. The highest BCUT2D eigenvalue weighted by Gasteiger charge is 2.31. The van der Waals surface area contributed by atoms with Gasteiger partial charge in [-0.25, -0.2) is 17.6 Å². The Morgan fingerprint density at radius 3 is 2.48 bits per heavy atom. The Bertz CT molecular complexity index is 522. The second-order valence-corrected chi connectivity index (χ2v) is 5.16. The normalized spacial score (nSPS) is 18.9. The van der Waals surface area contributed by atoms with E-state index in [1.165, 1.54) is 4.90 Å². The number of carbonyl (C=O) groups is 1. The van der Waals surface area contributed by atoms with Crippen LogP contribution in [0.1, 0.15) is 23.2 Å². The number of halogens is 4. The van der Waals surface area contributed by atoms with Crippen molar-refractivity contribution in [2.24, 2.45) is 5.92 Å². The third-order valence-electron chi connectivity index (χ3n) is 3.62. The first kappa shape index (κ1) is 15.8. The number of benzene rings is 1. The van der Waals surface area contributed by atoms with E-state index in [1.807, 2.05) is 0 Å². The molecule has 0 spiro atoms. The summed E-state index contributed by atoms with van der Waals surface area (Å²) in [6.07, 6.45) is 1.56. The highest BCUT2D eigenvalue weighted by molar-refractivity contribution is 5.95. The van der Waals surface area contributed by atoms with E-state index in [-0.39, 0.29) is 12.0 Å². The molecule has 3 nitrogen and oxygen atoms in total. The Labute approximate surface area is 119 Å². The van der Waals surface area contributed by atoms with Gasteiger partial charge in [0.05, 0.1) is 0 Å². The maximum absolute atomic E-state index is 13.7. The summed E-state index contributed by atoms with van der Waals surface area (Å²) in [6, 6.07) is 0.0987. The van der Waals surface area contributed by atoms with Gasteiger partial charge in [0.2, 0.25) is 0 Å². The van der Waals surface area contributed by atoms with Crippen molar-refractivity contribution in [3.63, 3.8) is 0 Å². The molecule has 1 aliphatic rings. The zero-order chi connectivity index (χ0) is 15.6. The van der Waals surface area contributed by atoms with E-state index in [1.54, 1.807) is 7.05 Å². The number of carbonyl (C=O) groups excluding carboxylic acids is 1. The Hall–Kier alpha value is -1.63. The molecule has 1 atom stereocenters. The number of rotatable bonds is 3. The van der Waals surface area contributed by atoms with Crippen LogP contribution in [0.25, 0.3) is 0 Å². The highest BCUT2D eigenvalue weighted by Crippen LogP contribution is 2.24. The third kappa shape index (κ3) is 3.18. The molecule has 1 amide bonds. The molecule has 1 aliphatic heterocycles. The molecule has 1 heterocycles. The molecule has 0 bridgehead atoms. The Morgan fingerprint density at radius 1 is 1.29 bits per heavy atom. The topological polar surface area (TPSA) is 32.3 Å². The van der Waals surface area contributed by atoms with Gasteiger partial charge in [-0.1, -0.05) is 0 Å². The average molecular weight is 304 g/mol. The summed E-state index contributed by atoms with van der Waals surface area (Å²) in [5.74, 6) is -7.28. The Morgan fingerprint density at radius 2 is 1.90 bits per heavy atom. The summed E-state index contributed by atoms with van der Waals surface area (Å²) in [5.41, 5.74) is -1.15. The zero-order valence-corrected chi connectivity index (χ0v) is 11.6. The van der Waals surface area contributed by atoms with Crippen molar-refractivity contribution in [3.8, 4) is 0 Å². The lowest BCUT2D eigenvalue weighted by Gasteiger charge is -2.33. The molecule has 0 radical (unpaired) electrons. The van der Waals surface area contributed by atoms with Crippen LogP contribution < -0.4 is 5.32 Å². The molecule has 1 fully saturated rings. The maximum atomic E-state index is 13.7. The first-order valence-electron chi connectivity index (χ1n) is 6.72. The van der Waals surface area contributed by atoms with Gasteiger partial charge in [-0.05, 0) is 32.4 Å². The van der Waals surface area contributed by atoms with Crippen LogP contribution in [0.15, 0.2) is 6.07 Å². The van der Waals surface area contributed by atoms with Crippen molar-refractivity contribution in [1.82, 2.24) is 10.2 Å². The van der Waals surface area contributed by atoms with E-state index in [0.717, 1.165) is 6.42 Å². The molecule has 1 N–H and O–H groups in total. The molecular formula is C14H16F4N2O. The van der Waals surface area contributed by atoms with E-state index in [2.05, 4.69) is 5.32 Å². The van der Waals surface area contributed by atoms with Crippen LogP contribution in [0.4, 0.5) is 17.6 Å². The Kier molecular flexibility index (Phi) is 4.82. The van der Waals surface area contributed by atoms with Crippen LogP contribution in [-0.4, -0.2) is 37.5 Å². The molecule has 0 aromatic heterocycles. The fraction of sp³-hybridized carbons (Fsp3) is 0.500. The lowest BCUT2D eigenvalue weighted by atomic mass is 9.97. The highest BCUT2D eigenvalue weighted by atomic mass is 19.2. The number of amides is 1. The number of hydrogen-bond donors (Lipinski definition) is 1. The number of nitrogens with one attached hydrogen (secondary N) is 1. The van der Waals surface area contributed by atoms with Crippen LogP contribution >= 0.6 is 0 Å². The third-order valence-corrected chi connectivity index (χ3v) is 3.62. The summed E-state index contributed by atoms with van der Waals surface area (Å²) >= 11 is 0. The van der Waals surface area contributed by atoms with Crippen molar-refractivity contribution in [2.45, 2.75) is 12.8 Å². The summed E-state index contributed by atoms with van der Waals surface area (Å²) in [4.78, 5) is 13.4. The molecule has 1 aromatic carbocycles. The first-order chi connectivity index (χ1) is 9.95. The molecule has 1 aromatic rings. The van der Waals surface area contributed by atoms with Gasteiger partial charge in [0.1, 0.15) is 5.56 Å². The molecule has 21 heavy (non-hydrogen) atoms. The van der Waals surface area contributed by atoms with E-state index in [9.17, 15) is 22.4 Å². The summed E-state index contributed by atoms with van der Waals surface area (Å²) in [7, 11) is 1.77. The number of nitrogens with zero attached hydrogens (tertiary/aromatic N) is 1. The van der Waals surface area contributed by atoms with E-state index < -0.39 is 34.7 Å². The molecule has 116 valence electrons. The lowest BCUT2D eigenvalue weighted by molar-refractivity contribution is 0.0661. The number of piperidine rings is 1. The van der Waals surface area contributed by atoms with Gasteiger partial charge >= 0.3 is 0 Å². The largest absolute Gasteiger partial charge is 0.338 e. The summed E-state index contributed by atoms with van der Waals surface area (Å²) < 4.78 is 53.7. The fourth-order valence-electron chi connectivity index (χ4n) is 2.62. The van der Waals surface area contributed by atoms with Crippen molar-refractivity contribution in [3.05, 3.63) is 34.9 Å². The molecule has 1 saturated heterocycles. The van der Waals surface area contributed by atoms with Crippen LogP contribution in [0, 0.1) is 29.2 Å². The minimum atomic E-state index is -1.64. The monoisotopic (exact) mass is 304 g/mol. The summed E-state index contributed by atoms with van der Waals surface area (Å²) in [6.45, 7) is 1.28. The lowest BCUT2D eigenvalue weighted by Crippen LogP contribution is -2.43. The second-order valence-electron chi connectivity index (χ2n) is 5.16. The van der Waals surface area contributed by atoms with Crippen molar-refractivity contribution < 1.29 is 22.4 Å².